The van der Waals surface area contributed by atoms with Crippen LogP contribution in [0.5, 0.6) is 5.75 Å². The lowest BCUT2D eigenvalue weighted by molar-refractivity contribution is 0.256. The number of guanidine groups is 1. The van der Waals surface area contributed by atoms with Crippen molar-refractivity contribution in [1.82, 2.24) is 15.5 Å². The standard InChI is InChI=1S/C20H32N4O.HI/c1-15-4-7-17(19(12-15)25-3)13-23-20(21-2)22-10-11-24(18-8-9-18)14-16-5-6-16;/h4,7,12,16,18H,5-6,8-11,13-14H2,1-3H3,(H2,21,22,23);1H. The van der Waals surface area contributed by atoms with Crippen LogP contribution in [0.3, 0.4) is 0 Å². The van der Waals surface area contributed by atoms with E-state index in [4.69, 9.17) is 4.74 Å². The molecule has 1 aromatic rings. The summed E-state index contributed by atoms with van der Waals surface area (Å²) in [5.41, 5.74) is 2.35. The van der Waals surface area contributed by atoms with Crippen molar-refractivity contribution in [3.8, 4) is 5.75 Å². The summed E-state index contributed by atoms with van der Waals surface area (Å²) in [4.78, 5) is 7.01. The van der Waals surface area contributed by atoms with E-state index in [2.05, 4.69) is 45.6 Å². The van der Waals surface area contributed by atoms with Crippen molar-refractivity contribution in [2.45, 2.75) is 45.2 Å². The molecule has 2 fully saturated rings. The summed E-state index contributed by atoms with van der Waals surface area (Å²) in [5, 5.41) is 6.84. The third-order valence-corrected chi connectivity index (χ3v) is 5.06. The van der Waals surface area contributed by atoms with E-state index >= 15 is 0 Å². The second kappa shape index (κ2) is 10.3. The molecule has 0 aliphatic heterocycles. The summed E-state index contributed by atoms with van der Waals surface area (Å²) < 4.78 is 5.47. The van der Waals surface area contributed by atoms with E-state index in [1.54, 1.807) is 7.11 Å². The highest BCUT2D eigenvalue weighted by Crippen LogP contribution is 2.34. The Morgan fingerprint density at radius 1 is 1.23 bits per heavy atom. The number of rotatable bonds is 9. The Kier molecular flexibility index (Phi) is 8.47. The number of ether oxygens (including phenoxy) is 1. The first kappa shape index (κ1) is 21.3. The first-order chi connectivity index (χ1) is 12.2. The minimum Gasteiger partial charge on any atom is -0.496 e. The Balaban J connectivity index is 0.00000243. The van der Waals surface area contributed by atoms with E-state index in [1.165, 1.54) is 37.8 Å². The Bertz CT molecular complexity index is 599. The molecule has 2 N–H and O–H groups in total. The maximum absolute atomic E-state index is 5.47. The summed E-state index contributed by atoms with van der Waals surface area (Å²) in [6, 6.07) is 7.13. The number of hydrogen-bond acceptors (Lipinski definition) is 3. The molecule has 0 bridgehead atoms. The van der Waals surface area contributed by atoms with Gasteiger partial charge >= 0.3 is 0 Å². The smallest absolute Gasteiger partial charge is 0.191 e. The highest BCUT2D eigenvalue weighted by atomic mass is 127. The van der Waals surface area contributed by atoms with Crippen molar-refractivity contribution < 1.29 is 4.74 Å². The maximum Gasteiger partial charge on any atom is 0.191 e. The number of nitrogens with one attached hydrogen (secondary N) is 2. The third kappa shape index (κ3) is 6.61. The van der Waals surface area contributed by atoms with E-state index in [0.29, 0.717) is 6.54 Å². The van der Waals surface area contributed by atoms with Gasteiger partial charge in [-0.2, -0.15) is 0 Å². The van der Waals surface area contributed by atoms with Gasteiger partial charge in [-0.15, -0.1) is 24.0 Å². The average Bonchev–Trinajstić information content (AvgIpc) is 3.51. The molecule has 0 saturated heterocycles. The number of nitrogens with zero attached hydrogens (tertiary/aromatic N) is 2. The van der Waals surface area contributed by atoms with Gasteiger partial charge in [-0.3, -0.25) is 9.89 Å². The van der Waals surface area contributed by atoms with Gasteiger partial charge < -0.3 is 15.4 Å². The van der Waals surface area contributed by atoms with Crippen molar-refractivity contribution in [1.29, 1.82) is 0 Å². The fourth-order valence-electron chi connectivity index (χ4n) is 3.21. The minimum absolute atomic E-state index is 0. The van der Waals surface area contributed by atoms with Crippen LogP contribution in [-0.4, -0.2) is 50.7 Å². The van der Waals surface area contributed by atoms with Gasteiger partial charge in [-0.05, 0) is 50.2 Å². The minimum atomic E-state index is 0. The first-order valence-corrected chi connectivity index (χ1v) is 9.51. The van der Waals surface area contributed by atoms with E-state index < -0.39 is 0 Å². The van der Waals surface area contributed by atoms with E-state index in [1.807, 2.05) is 7.05 Å². The van der Waals surface area contributed by atoms with Gasteiger partial charge in [-0.25, -0.2) is 0 Å². The molecule has 1 aromatic carbocycles. The summed E-state index contributed by atoms with van der Waals surface area (Å²) in [7, 11) is 3.54. The molecular formula is C20H33IN4O. The van der Waals surface area contributed by atoms with Gasteiger partial charge in [0.1, 0.15) is 5.75 Å². The van der Waals surface area contributed by atoms with Gasteiger partial charge in [0, 0.05) is 44.8 Å². The maximum atomic E-state index is 5.47. The Morgan fingerprint density at radius 3 is 2.62 bits per heavy atom. The Morgan fingerprint density at radius 2 is 2.00 bits per heavy atom. The summed E-state index contributed by atoms with van der Waals surface area (Å²) >= 11 is 0. The highest BCUT2D eigenvalue weighted by molar-refractivity contribution is 14.0. The van der Waals surface area contributed by atoms with Crippen LogP contribution in [0, 0.1) is 12.8 Å². The quantitative estimate of drug-likeness (QED) is 0.330. The molecule has 5 nitrogen and oxygen atoms in total. The van der Waals surface area contributed by atoms with Crippen LogP contribution in [0.25, 0.3) is 0 Å². The molecule has 0 spiro atoms. The predicted octanol–water partition coefficient (Wildman–Crippen LogP) is 3.16. The third-order valence-electron chi connectivity index (χ3n) is 5.06. The van der Waals surface area contributed by atoms with Crippen LogP contribution in [0.15, 0.2) is 23.2 Å². The molecule has 0 radical (unpaired) electrons. The molecule has 0 atom stereocenters. The van der Waals surface area contributed by atoms with Gasteiger partial charge in [0.05, 0.1) is 7.11 Å². The second-order valence-electron chi connectivity index (χ2n) is 7.34. The highest BCUT2D eigenvalue weighted by Gasteiger charge is 2.33. The lowest BCUT2D eigenvalue weighted by atomic mass is 10.1. The number of benzene rings is 1. The molecule has 6 heteroatoms. The molecule has 0 heterocycles. The average molecular weight is 472 g/mol. The van der Waals surface area contributed by atoms with Crippen molar-refractivity contribution >= 4 is 29.9 Å². The summed E-state index contributed by atoms with van der Waals surface area (Å²) in [6.45, 7) is 6.12. The van der Waals surface area contributed by atoms with Gasteiger partial charge in [-0.1, -0.05) is 12.1 Å². The normalized spacial score (nSPS) is 17.0. The van der Waals surface area contributed by atoms with E-state index in [-0.39, 0.29) is 24.0 Å². The molecule has 3 rings (SSSR count). The Hall–Kier alpha value is -1.02. The summed E-state index contributed by atoms with van der Waals surface area (Å²) in [6.07, 6.45) is 5.62. The largest absolute Gasteiger partial charge is 0.496 e. The zero-order valence-electron chi connectivity index (χ0n) is 16.3. The van der Waals surface area contributed by atoms with Crippen LogP contribution < -0.4 is 15.4 Å². The lowest BCUT2D eigenvalue weighted by Crippen LogP contribution is -2.42. The lowest BCUT2D eigenvalue weighted by Gasteiger charge is -2.22. The van der Waals surface area contributed by atoms with Gasteiger partial charge in [0.2, 0.25) is 0 Å². The molecule has 0 unspecified atom stereocenters. The fourth-order valence-corrected chi connectivity index (χ4v) is 3.21. The zero-order valence-corrected chi connectivity index (χ0v) is 18.6. The predicted molar refractivity (Wildman–Crippen MR) is 119 cm³/mol. The molecular weight excluding hydrogens is 439 g/mol. The zero-order chi connectivity index (χ0) is 17.6. The molecule has 2 aliphatic carbocycles. The number of halogens is 1. The fraction of sp³-hybridized carbons (Fsp3) is 0.650. The van der Waals surface area contributed by atoms with Gasteiger partial charge in [0.25, 0.3) is 0 Å². The molecule has 0 aromatic heterocycles. The van der Waals surface area contributed by atoms with E-state index in [0.717, 1.165) is 42.3 Å². The molecule has 2 aliphatic rings. The van der Waals surface area contributed by atoms with Gasteiger partial charge in [0.15, 0.2) is 5.96 Å². The number of hydrogen-bond donors (Lipinski definition) is 2. The van der Waals surface area contributed by atoms with Crippen LogP contribution in [0.1, 0.15) is 36.8 Å². The Labute approximate surface area is 175 Å². The monoisotopic (exact) mass is 472 g/mol. The topological polar surface area (TPSA) is 48.9 Å². The second-order valence-corrected chi connectivity index (χ2v) is 7.34. The van der Waals surface area contributed by atoms with Crippen LogP contribution in [0.2, 0.25) is 0 Å². The van der Waals surface area contributed by atoms with Crippen molar-refractivity contribution in [2.24, 2.45) is 10.9 Å². The molecule has 146 valence electrons. The van der Waals surface area contributed by atoms with Crippen molar-refractivity contribution in [3.63, 3.8) is 0 Å². The molecule has 2 saturated carbocycles. The SMILES string of the molecule is CN=C(NCCN(CC1CC1)C1CC1)NCc1ccc(C)cc1OC.I. The van der Waals surface area contributed by atoms with E-state index in [9.17, 15) is 0 Å². The van der Waals surface area contributed by atoms with Crippen LogP contribution in [-0.2, 0) is 6.54 Å². The number of aliphatic imine (C=N–C) groups is 1. The van der Waals surface area contributed by atoms with Crippen molar-refractivity contribution in [2.75, 3.05) is 33.8 Å². The van der Waals surface area contributed by atoms with Crippen molar-refractivity contribution in [3.05, 3.63) is 29.3 Å². The first-order valence-electron chi connectivity index (χ1n) is 9.51. The molecule has 26 heavy (non-hydrogen) atoms. The molecule has 0 amide bonds. The number of methoxy groups -OCH3 is 1. The van der Waals surface area contributed by atoms with Crippen LogP contribution >= 0.6 is 24.0 Å². The number of aryl methyl sites for hydroxylation is 1. The van der Waals surface area contributed by atoms with Crippen LogP contribution in [0.4, 0.5) is 0 Å². The summed E-state index contributed by atoms with van der Waals surface area (Å²) in [5.74, 6) is 2.74.